The van der Waals surface area contributed by atoms with Crippen LogP contribution in [0.5, 0.6) is 0 Å². The molecule has 0 aromatic heterocycles. The zero-order valence-electron chi connectivity index (χ0n) is 13.8. The Labute approximate surface area is 156 Å². The second kappa shape index (κ2) is 6.53. The molecular formula is C18H13BrFNO5. The number of carbonyl (C=O) groups excluding carboxylic acids is 2. The van der Waals surface area contributed by atoms with Crippen LogP contribution in [0.2, 0.25) is 0 Å². The van der Waals surface area contributed by atoms with Gasteiger partial charge in [-0.1, -0.05) is 28.1 Å². The summed E-state index contributed by atoms with van der Waals surface area (Å²) in [6, 6.07) is 9.97. The molecule has 1 aliphatic heterocycles. The van der Waals surface area contributed by atoms with Crippen molar-refractivity contribution in [3.05, 3.63) is 69.1 Å². The fourth-order valence-corrected chi connectivity index (χ4v) is 3.50. The van der Waals surface area contributed by atoms with Crippen molar-refractivity contribution < 1.29 is 28.2 Å². The Kier molecular flexibility index (Phi) is 4.53. The normalized spacial score (nSPS) is 14.8. The number of nitrogens with zero attached hydrogens (tertiary/aromatic N) is 1. The standard InChI is InChI=1S/C18H13BrFNO5/c1-25-16(22)18(17(23)26-2)12-5-3-4-6-14(12)21(24)15(18)11-8-7-10(19)9-13(11)20/h3-9H,1-2H3. The summed E-state index contributed by atoms with van der Waals surface area (Å²) >= 11 is 3.14. The minimum atomic E-state index is -2.23. The van der Waals surface area contributed by atoms with Crippen LogP contribution >= 0.6 is 15.9 Å². The van der Waals surface area contributed by atoms with Crippen molar-refractivity contribution in [2.45, 2.75) is 5.41 Å². The van der Waals surface area contributed by atoms with Crippen LogP contribution in [0.25, 0.3) is 0 Å². The van der Waals surface area contributed by atoms with Crippen molar-refractivity contribution in [1.29, 1.82) is 0 Å². The van der Waals surface area contributed by atoms with Gasteiger partial charge in [-0.3, -0.25) is 0 Å². The lowest BCUT2D eigenvalue weighted by molar-refractivity contribution is -0.357. The zero-order valence-corrected chi connectivity index (χ0v) is 15.4. The first kappa shape index (κ1) is 18.1. The van der Waals surface area contributed by atoms with E-state index in [0.29, 0.717) is 9.21 Å². The molecule has 1 aliphatic rings. The molecule has 2 aromatic carbocycles. The van der Waals surface area contributed by atoms with Crippen LogP contribution < -0.4 is 0 Å². The first-order chi connectivity index (χ1) is 12.4. The Hall–Kier alpha value is -2.74. The lowest BCUT2D eigenvalue weighted by Gasteiger charge is -2.23. The Bertz CT molecular complexity index is 940. The quantitative estimate of drug-likeness (QED) is 0.329. The van der Waals surface area contributed by atoms with E-state index in [1.807, 2.05) is 0 Å². The molecule has 0 atom stereocenters. The summed E-state index contributed by atoms with van der Waals surface area (Å²) in [6.45, 7) is 0. The van der Waals surface area contributed by atoms with Crippen LogP contribution in [0.15, 0.2) is 46.9 Å². The first-order valence-electron chi connectivity index (χ1n) is 7.46. The van der Waals surface area contributed by atoms with Crippen LogP contribution in [0, 0.1) is 11.0 Å². The molecule has 0 saturated heterocycles. The molecular weight excluding hydrogens is 409 g/mol. The van der Waals surface area contributed by atoms with E-state index in [-0.39, 0.29) is 16.8 Å². The van der Waals surface area contributed by atoms with Crippen LogP contribution in [-0.2, 0) is 24.5 Å². The van der Waals surface area contributed by atoms with Gasteiger partial charge in [0.2, 0.25) is 11.4 Å². The largest absolute Gasteiger partial charge is 0.618 e. The number of rotatable bonds is 3. The van der Waals surface area contributed by atoms with Crippen LogP contribution in [0.1, 0.15) is 11.1 Å². The van der Waals surface area contributed by atoms with Crippen molar-refractivity contribution in [2.75, 3.05) is 14.2 Å². The summed E-state index contributed by atoms with van der Waals surface area (Å²) in [5.74, 6) is -2.85. The highest BCUT2D eigenvalue weighted by molar-refractivity contribution is 9.10. The average Bonchev–Trinajstić information content (AvgIpc) is 2.91. The fraction of sp³-hybridized carbons (Fsp3) is 0.167. The molecule has 3 rings (SSSR count). The molecule has 8 heteroatoms. The Morgan fingerprint density at radius 1 is 1.12 bits per heavy atom. The van der Waals surface area contributed by atoms with E-state index < -0.39 is 28.9 Å². The summed E-state index contributed by atoms with van der Waals surface area (Å²) in [5, 5.41) is 13.0. The predicted molar refractivity (Wildman–Crippen MR) is 93.6 cm³/mol. The highest BCUT2D eigenvalue weighted by atomic mass is 79.9. The summed E-state index contributed by atoms with van der Waals surface area (Å²) in [6.07, 6.45) is 0. The molecule has 0 spiro atoms. The zero-order chi connectivity index (χ0) is 19.1. The van der Waals surface area contributed by atoms with Gasteiger partial charge in [0.25, 0.3) is 5.41 Å². The van der Waals surface area contributed by atoms with E-state index in [0.717, 1.165) is 20.3 Å². The lowest BCUT2D eigenvalue weighted by atomic mass is 9.75. The Balaban J connectivity index is 2.45. The average molecular weight is 422 g/mol. The molecule has 0 radical (unpaired) electrons. The van der Waals surface area contributed by atoms with Gasteiger partial charge in [0, 0.05) is 10.5 Å². The molecule has 0 amide bonds. The highest BCUT2D eigenvalue weighted by Crippen LogP contribution is 2.44. The second-order valence-corrected chi connectivity index (χ2v) is 6.43. The third kappa shape index (κ3) is 2.33. The van der Waals surface area contributed by atoms with E-state index in [9.17, 15) is 19.2 Å². The second-order valence-electron chi connectivity index (χ2n) is 5.52. The number of ether oxygens (including phenoxy) is 2. The van der Waals surface area contributed by atoms with E-state index in [1.165, 1.54) is 24.3 Å². The number of methoxy groups -OCH3 is 2. The maximum Gasteiger partial charge on any atom is 0.339 e. The molecule has 1 heterocycles. The number of carbonyl (C=O) groups is 2. The van der Waals surface area contributed by atoms with Crippen LogP contribution in [0.3, 0.4) is 0 Å². The third-order valence-electron chi connectivity index (χ3n) is 4.25. The van der Waals surface area contributed by atoms with Gasteiger partial charge in [-0.15, -0.1) is 0 Å². The molecule has 26 heavy (non-hydrogen) atoms. The molecule has 0 bridgehead atoms. The van der Waals surface area contributed by atoms with Gasteiger partial charge in [-0.2, -0.15) is 4.74 Å². The number of esters is 2. The number of fused-ring (bicyclic) bond motifs is 1. The minimum absolute atomic E-state index is 0.0422. The Morgan fingerprint density at radius 2 is 1.73 bits per heavy atom. The highest BCUT2D eigenvalue weighted by Gasteiger charge is 2.65. The molecule has 0 aliphatic carbocycles. The topological polar surface area (TPSA) is 78.7 Å². The summed E-state index contributed by atoms with van der Waals surface area (Å²) in [7, 11) is 2.16. The molecule has 0 N–H and O–H groups in total. The van der Waals surface area contributed by atoms with E-state index in [2.05, 4.69) is 15.9 Å². The van der Waals surface area contributed by atoms with Gasteiger partial charge in [0.15, 0.2) is 0 Å². The monoisotopic (exact) mass is 421 g/mol. The number of hydrogen-bond acceptors (Lipinski definition) is 5. The molecule has 0 saturated carbocycles. The van der Waals surface area contributed by atoms with E-state index >= 15 is 0 Å². The smallest absolute Gasteiger partial charge is 0.339 e. The van der Waals surface area contributed by atoms with E-state index in [1.54, 1.807) is 12.1 Å². The summed E-state index contributed by atoms with van der Waals surface area (Å²) in [4.78, 5) is 25.5. The van der Waals surface area contributed by atoms with Gasteiger partial charge in [-0.05, 0) is 24.3 Å². The first-order valence-corrected chi connectivity index (χ1v) is 8.25. The van der Waals surface area contributed by atoms with Gasteiger partial charge in [-0.25, -0.2) is 14.0 Å². The molecule has 134 valence electrons. The lowest BCUT2D eigenvalue weighted by Crippen LogP contribution is -2.51. The van der Waals surface area contributed by atoms with Gasteiger partial charge in [0.1, 0.15) is 5.82 Å². The van der Waals surface area contributed by atoms with Crippen molar-refractivity contribution in [3.8, 4) is 0 Å². The van der Waals surface area contributed by atoms with Crippen molar-refractivity contribution in [1.82, 2.24) is 0 Å². The van der Waals surface area contributed by atoms with Crippen molar-refractivity contribution in [3.63, 3.8) is 0 Å². The molecule has 6 nitrogen and oxygen atoms in total. The molecule has 2 aromatic rings. The maximum atomic E-state index is 14.7. The fourth-order valence-electron chi connectivity index (χ4n) is 3.16. The summed E-state index contributed by atoms with van der Waals surface area (Å²) in [5.41, 5.74) is -2.71. The SMILES string of the molecule is COC(=O)C1(C(=O)OC)C(c2ccc(Br)cc2F)=[N+]([O-])c2ccccc21. The maximum absolute atomic E-state index is 14.7. The van der Waals surface area contributed by atoms with Crippen LogP contribution in [0.4, 0.5) is 10.1 Å². The van der Waals surface area contributed by atoms with Crippen molar-refractivity contribution >= 4 is 39.3 Å². The Morgan fingerprint density at radius 3 is 2.31 bits per heavy atom. The number of para-hydroxylation sites is 1. The number of halogens is 2. The van der Waals surface area contributed by atoms with Gasteiger partial charge >= 0.3 is 11.9 Å². The predicted octanol–water partition coefficient (Wildman–Crippen LogP) is 2.82. The summed E-state index contributed by atoms with van der Waals surface area (Å²) < 4.78 is 25.1. The van der Waals surface area contributed by atoms with E-state index in [4.69, 9.17) is 9.47 Å². The third-order valence-corrected chi connectivity index (χ3v) is 4.75. The van der Waals surface area contributed by atoms with Gasteiger partial charge in [0.05, 0.1) is 25.3 Å². The molecule has 0 fully saturated rings. The number of benzene rings is 2. The van der Waals surface area contributed by atoms with Crippen molar-refractivity contribution in [2.24, 2.45) is 0 Å². The van der Waals surface area contributed by atoms with Gasteiger partial charge < -0.3 is 14.7 Å². The molecule has 0 unspecified atom stereocenters. The number of hydrogen-bond donors (Lipinski definition) is 0. The van der Waals surface area contributed by atoms with Crippen LogP contribution in [-0.4, -0.2) is 36.6 Å². The minimum Gasteiger partial charge on any atom is -0.618 e.